The molecule has 0 radical (unpaired) electrons. The topological polar surface area (TPSA) is 63.7 Å². The van der Waals surface area contributed by atoms with E-state index in [4.69, 9.17) is 16.3 Å². The molecule has 0 spiro atoms. The summed E-state index contributed by atoms with van der Waals surface area (Å²) >= 11 is 6.15. The van der Waals surface area contributed by atoms with Gasteiger partial charge in [-0.05, 0) is 49.2 Å². The molecule has 0 N–H and O–H groups in total. The highest BCUT2D eigenvalue weighted by Gasteiger charge is 2.39. The fourth-order valence-corrected chi connectivity index (χ4v) is 3.93. The van der Waals surface area contributed by atoms with E-state index >= 15 is 0 Å². The summed E-state index contributed by atoms with van der Waals surface area (Å²) in [5.41, 5.74) is 1.01. The van der Waals surface area contributed by atoms with Gasteiger partial charge in [0.15, 0.2) is 15.9 Å². The number of ether oxygens (including phenoxy) is 1. The Bertz CT molecular complexity index is 1070. The zero-order chi connectivity index (χ0) is 21.6. The maximum absolute atomic E-state index is 13.2. The Kier molecular flexibility index (Phi) is 5.57. The summed E-state index contributed by atoms with van der Waals surface area (Å²) in [7, 11) is -3.69. The van der Waals surface area contributed by atoms with Crippen molar-refractivity contribution in [2.45, 2.75) is 30.5 Å². The molecule has 0 bridgehead atoms. The summed E-state index contributed by atoms with van der Waals surface area (Å²) < 4.78 is 67.6. The Morgan fingerprint density at radius 3 is 2.55 bits per heavy atom. The summed E-state index contributed by atoms with van der Waals surface area (Å²) in [6.07, 6.45) is -5.41. The zero-order valence-corrected chi connectivity index (χ0v) is 17.0. The number of sulfone groups is 1. The van der Waals surface area contributed by atoms with Crippen molar-refractivity contribution in [3.8, 4) is 5.75 Å². The van der Waals surface area contributed by atoms with Crippen LogP contribution in [-0.2, 0) is 16.3 Å². The third-order valence-corrected chi connectivity index (χ3v) is 6.05. The monoisotopic (exact) mass is 447 g/mol. The fraction of sp³-hybridized carbons (Fsp3) is 0.316. The van der Waals surface area contributed by atoms with E-state index in [-0.39, 0.29) is 22.8 Å². The Balaban J connectivity index is 2.07. The van der Waals surface area contributed by atoms with Crippen LogP contribution in [0.1, 0.15) is 22.8 Å². The third kappa shape index (κ3) is 4.35. The van der Waals surface area contributed by atoms with Gasteiger partial charge >= 0.3 is 6.18 Å². The van der Waals surface area contributed by atoms with Gasteiger partial charge in [-0.3, -0.25) is 4.79 Å². The lowest BCUT2D eigenvalue weighted by molar-refractivity contribution is -0.189. The minimum Gasteiger partial charge on any atom is -0.480 e. The minimum atomic E-state index is -4.65. The molecule has 10 heteroatoms. The molecule has 0 saturated heterocycles. The van der Waals surface area contributed by atoms with Gasteiger partial charge in [0.1, 0.15) is 5.75 Å². The Morgan fingerprint density at radius 1 is 1.24 bits per heavy atom. The second-order valence-corrected chi connectivity index (χ2v) is 9.10. The van der Waals surface area contributed by atoms with Gasteiger partial charge in [-0.1, -0.05) is 17.7 Å². The second kappa shape index (κ2) is 7.53. The number of fused-ring (bicyclic) bond motifs is 1. The average molecular weight is 448 g/mol. The van der Waals surface area contributed by atoms with Gasteiger partial charge in [-0.15, -0.1) is 0 Å². The van der Waals surface area contributed by atoms with E-state index in [1.54, 1.807) is 18.2 Å². The molecular weight excluding hydrogens is 431 g/mol. The number of nitrogens with zero attached hydrogens (tertiary/aromatic N) is 1. The number of rotatable bonds is 4. The minimum absolute atomic E-state index is 0.196. The van der Waals surface area contributed by atoms with Gasteiger partial charge in [-0.25, -0.2) is 8.42 Å². The van der Waals surface area contributed by atoms with Crippen LogP contribution < -0.4 is 9.64 Å². The zero-order valence-electron chi connectivity index (χ0n) is 15.5. The molecule has 1 atom stereocenters. The van der Waals surface area contributed by atoms with Crippen LogP contribution in [0, 0.1) is 0 Å². The molecular formula is C19H17ClF3NO4S. The van der Waals surface area contributed by atoms with Crippen LogP contribution in [0.15, 0.2) is 41.3 Å². The molecule has 1 aliphatic rings. The van der Waals surface area contributed by atoms with Gasteiger partial charge in [-0.2, -0.15) is 13.2 Å². The molecule has 156 valence electrons. The molecule has 0 saturated carbocycles. The van der Waals surface area contributed by atoms with Crippen LogP contribution in [0.25, 0.3) is 0 Å². The van der Waals surface area contributed by atoms with Crippen LogP contribution in [0.4, 0.5) is 18.9 Å². The highest BCUT2D eigenvalue weighted by molar-refractivity contribution is 7.90. The average Bonchev–Trinajstić information content (AvgIpc) is 3.05. The van der Waals surface area contributed by atoms with Crippen LogP contribution in [0.3, 0.4) is 0 Å². The SMILES string of the molecule is C[C@H](Oc1ccc(S(C)(=O)=O)cc1C(=O)N1CCc2c(Cl)cccc21)C(F)(F)F. The Morgan fingerprint density at radius 2 is 1.93 bits per heavy atom. The molecule has 0 unspecified atom stereocenters. The number of carbonyl (C=O) groups excluding carboxylic acids is 1. The van der Waals surface area contributed by atoms with Crippen LogP contribution in [0.5, 0.6) is 5.75 Å². The fourth-order valence-electron chi connectivity index (χ4n) is 3.01. The molecule has 0 aliphatic carbocycles. The number of benzene rings is 2. The smallest absolute Gasteiger partial charge is 0.425 e. The van der Waals surface area contributed by atoms with Crippen molar-refractivity contribution >= 4 is 33.0 Å². The Hall–Kier alpha value is -2.26. The van der Waals surface area contributed by atoms with Crippen LogP contribution >= 0.6 is 11.6 Å². The first-order valence-electron chi connectivity index (χ1n) is 8.56. The second-order valence-electron chi connectivity index (χ2n) is 6.68. The summed E-state index contributed by atoms with van der Waals surface area (Å²) in [6, 6.07) is 8.23. The normalized spacial score (nSPS) is 15.2. The van der Waals surface area contributed by atoms with E-state index in [0.29, 0.717) is 17.1 Å². The highest BCUT2D eigenvalue weighted by atomic mass is 35.5. The van der Waals surface area contributed by atoms with Crippen molar-refractivity contribution in [3.05, 3.63) is 52.5 Å². The number of carbonyl (C=O) groups is 1. The van der Waals surface area contributed by atoms with Crippen molar-refractivity contribution < 1.29 is 31.1 Å². The maximum Gasteiger partial charge on any atom is 0.425 e. The first-order valence-corrected chi connectivity index (χ1v) is 10.8. The van der Waals surface area contributed by atoms with E-state index < -0.39 is 28.0 Å². The van der Waals surface area contributed by atoms with Crippen molar-refractivity contribution in [1.82, 2.24) is 0 Å². The molecule has 2 aromatic rings. The largest absolute Gasteiger partial charge is 0.480 e. The molecule has 2 aromatic carbocycles. The number of anilines is 1. The lowest BCUT2D eigenvalue weighted by atomic mass is 10.1. The number of halogens is 4. The Labute approximate surface area is 170 Å². The number of alkyl halides is 3. The molecule has 3 rings (SSSR count). The summed E-state index contributed by atoms with van der Waals surface area (Å²) in [6.45, 7) is 1.07. The maximum atomic E-state index is 13.2. The van der Waals surface area contributed by atoms with Crippen molar-refractivity contribution in [2.24, 2.45) is 0 Å². The predicted molar refractivity (Wildman–Crippen MR) is 103 cm³/mol. The highest BCUT2D eigenvalue weighted by Crippen LogP contribution is 2.36. The predicted octanol–water partition coefficient (Wildman–Crippen LogP) is 4.28. The van der Waals surface area contributed by atoms with Crippen molar-refractivity contribution in [2.75, 3.05) is 17.7 Å². The van der Waals surface area contributed by atoms with Gasteiger partial charge in [0.25, 0.3) is 5.91 Å². The molecule has 5 nitrogen and oxygen atoms in total. The van der Waals surface area contributed by atoms with E-state index in [0.717, 1.165) is 36.9 Å². The molecule has 1 heterocycles. The van der Waals surface area contributed by atoms with Crippen molar-refractivity contribution in [3.63, 3.8) is 0 Å². The van der Waals surface area contributed by atoms with E-state index in [1.807, 2.05) is 0 Å². The first kappa shape index (κ1) is 21.4. The van der Waals surface area contributed by atoms with E-state index in [1.165, 1.54) is 4.90 Å². The molecule has 0 aromatic heterocycles. The molecule has 1 aliphatic heterocycles. The third-order valence-electron chi connectivity index (χ3n) is 4.59. The number of amides is 1. The summed E-state index contributed by atoms with van der Waals surface area (Å²) in [4.78, 5) is 14.3. The van der Waals surface area contributed by atoms with Crippen LogP contribution in [0.2, 0.25) is 5.02 Å². The summed E-state index contributed by atoms with van der Waals surface area (Å²) in [5, 5.41) is 0.477. The van der Waals surface area contributed by atoms with Crippen molar-refractivity contribution in [1.29, 1.82) is 0 Å². The molecule has 29 heavy (non-hydrogen) atoms. The lowest BCUT2D eigenvalue weighted by Gasteiger charge is -2.23. The van der Waals surface area contributed by atoms with Crippen LogP contribution in [-0.4, -0.2) is 39.4 Å². The quantitative estimate of drug-likeness (QED) is 0.702. The van der Waals surface area contributed by atoms with Gasteiger partial charge in [0, 0.05) is 23.5 Å². The van der Waals surface area contributed by atoms with Gasteiger partial charge in [0.2, 0.25) is 0 Å². The standard InChI is InChI=1S/C19H17ClF3NO4S/c1-11(19(21,22)23)28-17-7-6-12(29(2,26)27)10-14(17)18(25)24-9-8-13-15(20)4-3-5-16(13)24/h3-7,10-11H,8-9H2,1-2H3/t11-/m0/s1. The van der Waals surface area contributed by atoms with E-state index in [2.05, 4.69) is 0 Å². The molecule has 0 fully saturated rings. The van der Waals surface area contributed by atoms with Gasteiger partial charge < -0.3 is 9.64 Å². The van der Waals surface area contributed by atoms with Gasteiger partial charge in [0.05, 0.1) is 10.5 Å². The number of hydrogen-bond acceptors (Lipinski definition) is 4. The first-order chi connectivity index (χ1) is 13.4. The molecule has 1 amide bonds. The number of hydrogen-bond donors (Lipinski definition) is 0. The summed E-state index contributed by atoms with van der Waals surface area (Å²) in [5.74, 6) is -1.01. The van der Waals surface area contributed by atoms with E-state index in [9.17, 15) is 26.4 Å². The lowest BCUT2D eigenvalue weighted by Crippen LogP contribution is -2.33.